The zero-order valence-corrected chi connectivity index (χ0v) is 16.0. The molecule has 0 saturated heterocycles. The topological polar surface area (TPSA) is 26.9 Å². The number of nitrogens with zero attached hydrogens (tertiary/aromatic N) is 2. The van der Waals surface area contributed by atoms with E-state index in [1.54, 1.807) is 0 Å². The first-order valence-corrected chi connectivity index (χ1v) is 9.34. The maximum Gasteiger partial charge on any atom is 0.275 e. The van der Waals surface area contributed by atoms with Gasteiger partial charge in [-0.05, 0) is 50.2 Å². The molecule has 0 N–H and O–H groups in total. The van der Waals surface area contributed by atoms with E-state index in [2.05, 4.69) is 45.4 Å². The molecule has 0 amide bonds. The fourth-order valence-corrected chi connectivity index (χ4v) is 5.16. The Kier molecular flexibility index (Phi) is 3.44. The normalized spacial score (nSPS) is 25.9. The zero-order valence-electron chi connectivity index (χ0n) is 16.0. The first-order chi connectivity index (χ1) is 11.8. The molecule has 1 fully saturated rings. The quantitative estimate of drug-likeness (QED) is 0.741. The van der Waals surface area contributed by atoms with Crippen molar-refractivity contribution in [3.63, 3.8) is 0 Å². The molecule has 3 nitrogen and oxygen atoms in total. The molecule has 1 saturated carbocycles. The molecule has 3 heteroatoms. The number of allylic oxidation sites excluding steroid dienone is 2. The number of fused-ring (bicyclic) bond motifs is 5. The predicted molar refractivity (Wildman–Crippen MR) is 103 cm³/mol. The Bertz CT molecular complexity index is 909. The van der Waals surface area contributed by atoms with Gasteiger partial charge in [0.05, 0.1) is 17.9 Å². The van der Waals surface area contributed by atoms with Gasteiger partial charge in [0, 0.05) is 11.0 Å². The Hall–Kier alpha value is -2.03. The summed E-state index contributed by atoms with van der Waals surface area (Å²) in [6, 6.07) is 10.1. The van der Waals surface area contributed by atoms with Gasteiger partial charge in [0.1, 0.15) is 0 Å². The van der Waals surface area contributed by atoms with Gasteiger partial charge in [0.2, 0.25) is 0 Å². The van der Waals surface area contributed by atoms with E-state index in [-0.39, 0.29) is 16.4 Å². The van der Waals surface area contributed by atoms with Crippen LogP contribution in [0.15, 0.2) is 46.8 Å². The van der Waals surface area contributed by atoms with Crippen molar-refractivity contribution in [2.75, 3.05) is 0 Å². The molecule has 1 aromatic carbocycles. The number of rotatable bonds is 3. The lowest BCUT2D eigenvalue weighted by atomic mass is 9.70. The summed E-state index contributed by atoms with van der Waals surface area (Å²) >= 11 is 0. The molecule has 2 atom stereocenters. The van der Waals surface area contributed by atoms with E-state index in [1.807, 2.05) is 35.0 Å². The molecule has 2 aliphatic carbocycles. The van der Waals surface area contributed by atoms with Crippen molar-refractivity contribution in [2.45, 2.75) is 65.3 Å². The molecule has 0 radical (unpaired) electrons. The molecule has 2 aliphatic rings. The highest BCUT2D eigenvalue weighted by Gasteiger charge is 2.62. The summed E-state index contributed by atoms with van der Waals surface area (Å²) in [5.74, 6) is 0.378. The third-order valence-corrected chi connectivity index (χ3v) is 6.95. The molecular formula is C22H28N2O. The Morgan fingerprint density at radius 1 is 1.20 bits per heavy atom. The van der Waals surface area contributed by atoms with E-state index in [0.717, 1.165) is 24.2 Å². The molecule has 1 heterocycles. The number of aromatic nitrogens is 2. The predicted octanol–water partition coefficient (Wildman–Crippen LogP) is 4.78. The van der Waals surface area contributed by atoms with E-state index in [0.29, 0.717) is 5.92 Å². The maximum atomic E-state index is 13.5. The minimum Gasteiger partial charge on any atom is -0.277 e. The van der Waals surface area contributed by atoms with Crippen molar-refractivity contribution in [2.24, 2.45) is 5.41 Å². The first kappa shape index (κ1) is 16.4. The minimum atomic E-state index is 0.0711. The van der Waals surface area contributed by atoms with Gasteiger partial charge in [-0.1, -0.05) is 50.6 Å². The molecule has 25 heavy (non-hydrogen) atoms. The maximum absolute atomic E-state index is 13.5. The van der Waals surface area contributed by atoms with Gasteiger partial charge in [-0.3, -0.25) is 9.48 Å². The first-order valence-electron chi connectivity index (χ1n) is 9.34. The Labute approximate surface area is 150 Å². The van der Waals surface area contributed by atoms with Crippen LogP contribution in [0.2, 0.25) is 0 Å². The molecule has 2 aromatic rings. The molecule has 0 unspecified atom stereocenters. The molecule has 2 bridgehead atoms. The highest BCUT2D eigenvalue weighted by molar-refractivity contribution is 5.47. The van der Waals surface area contributed by atoms with Crippen LogP contribution in [0, 0.1) is 5.41 Å². The van der Waals surface area contributed by atoms with Gasteiger partial charge in [-0.25, -0.2) is 4.68 Å². The summed E-state index contributed by atoms with van der Waals surface area (Å²) in [5.41, 5.74) is 5.00. The second-order valence-corrected chi connectivity index (χ2v) is 8.72. The summed E-state index contributed by atoms with van der Waals surface area (Å²) < 4.78 is 4.16. The molecule has 132 valence electrons. The molecular weight excluding hydrogens is 308 g/mol. The van der Waals surface area contributed by atoms with Crippen molar-refractivity contribution < 1.29 is 0 Å². The van der Waals surface area contributed by atoms with E-state index in [4.69, 9.17) is 0 Å². The Morgan fingerprint density at radius 3 is 2.52 bits per heavy atom. The van der Waals surface area contributed by atoms with Gasteiger partial charge >= 0.3 is 0 Å². The third-order valence-electron chi connectivity index (χ3n) is 6.95. The van der Waals surface area contributed by atoms with Crippen molar-refractivity contribution >= 4 is 0 Å². The van der Waals surface area contributed by atoms with Crippen molar-refractivity contribution in [1.82, 2.24) is 9.36 Å². The Balaban J connectivity index is 2.03. The second-order valence-electron chi connectivity index (χ2n) is 8.72. The number of benzene rings is 1. The van der Waals surface area contributed by atoms with Crippen LogP contribution in [0.25, 0.3) is 5.69 Å². The van der Waals surface area contributed by atoms with Crippen LogP contribution in [-0.4, -0.2) is 9.36 Å². The molecule has 0 spiro atoms. The number of hydrogen-bond acceptors (Lipinski definition) is 1. The summed E-state index contributed by atoms with van der Waals surface area (Å²) in [5, 5.41) is 0. The summed E-state index contributed by atoms with van der Waals surface area (Å²) in [4.78, 5) is 13.5. The fraction of sp³-hybridized carbons (Fsp3) is 0.500. The van der Waals surface area contributed by atoms with Crippen molar-refractivity contribution in [3.05, 3.63) is 63.6 Å². The van der Waals surface area contributed by atoms with E-state index in [1.165, 1.54) is 17.7 Å². The SMILES string of the molecule is CC(C)=CCn1c2c(c(=O)n1-c1ccccc1)[C@H]1CC[C@]2(C)C1(C)C. The third kappa shape index (κ3) is 2.01. The number of hydrogen-bond donors (Lipinski definition) is 0. The van der Waals surface area contributed by atoms with Gasteiger partial charge < -0.3 is 0 Å². The standard InChI is InChI=1S/C22H28N2O/c1-15(2)12-14-23-19-18(17-11-13-22(19,5)21(17,3)4)20(25)24(23)16-9-7-6-8-10-16/h6-10,12,17H,11,13-14H2,1-5H3/t17-,22+/m1/s1. The van der Waals surface area contributed by atoms with Crippen molar-refractivity contribution in [1.29, 1.82) is 0 Å². The van der Waals surface area contributed by atoms with Crippen LogP contribution in [-0.2, 0) is 12.0 Å². The van der Waals surface area contributed by atoms with E-state index in [9.17, 15) is 4.79 Å². The van der Waals surface area contributed by atoms with Crippen LogP contribution in [0.5, 0.6) is 0 Å². The van der Waals surface area contributed by atoms with Crippen LogP contribution < -0.4 is 5.56 Å². The summed E-state index contributed by atoms with van der Waals surface area (Å²) in [6.07, 6.45) is 4.53. The monoisotopic (exact) mass is 336 g/mol. The van der Waals surface area contributed by atoms with Gasteiger partial charge in [-0.2, -0.15) is 0 Å². The summed E-state index contributed by atoms with van der Waals surface area (Å²) in [7, 11) is 0. The smallest absolute Gasteiger partial charge is 0.275 e. The fourth-order valence-electron chi connectivity index (χ4n) is 5.16. The summed E-state index contributed by atoms with van der Waals surface area (Å²) in [6.45, 7) is 12.1. The average Bonchev–Trinajstić information content (AvgIpc) is 3.05. The van der Waals surface area contributed by atoms with E-state index >= 15 is 0 Å². The average molecular weight is 336 g/mol. The van der Waals surface area contributed by atoms with Crippen LogP contribution >= 0.6 is 0 Å². The highest BCUT2D eigenvalue weighted by Crippen LogP contribution is 2.67. The van der Waals surface area contributed by atoms with E-state index < -0.39 is 0 Å². The molecule has 0 aliphatic heterocycles. The van der Waals surface area contributed by atoms with Gasteiger partial charge in [-0.15, -0.1) is 0 Å². The lowest BCUT2D eigenvalue weighted by molar-refractivity contribution is 0.216. The molecule has 1 aromatic heterocycles. The minimum absolute atomic E-state index is 0.0711. The van der Waals surface area contributed by atoms with Crippen LogP contribution in [0.1, 0.15) is 64.6 Å². The zero-order chi connectivity index (χ0) is 18.0. The van der Waals surface area contributed by atoms with Crippen LogP contribution in [0.3, 0.4) is 0 Å². The largest absolute Gasteiger partial charge is 0.277 e. The van der Waals surface area contributed by atoms with Gasteiger partial charge in [0.15, 0.2) is 0 Å². The van der Waals surface area contributed by atoms with Gasteiger partial charge in [0.25, 0.3) is 5.56 Å². The molecule has 4 rings (SSSR count). The lowest BCUT2D eigenvalue weighted by Crippen LogP contribution is -2.36. The highest BCUT2D eigenvalue weighted by atomic mass is 16.1. The Morgan fingerprint density at radius 2 is 1.88 bits per heavy atom. The second kappa shape index (κ2) is 5.23. The number of para-hydroxylation sites is 1. The lowest BCUT2D eigenvalue weighted by Gasteiger charge is -2.36. The van der Waals surface area contributed by atoms with Crippen molar-refractivity contribution in [3.8, 4) is 5.69 Å². The van der Waals surface area contributed by atoms with Crippen LogP contribution in [0.4, 0.5) is 0 Å².